The Kier molecular flexibility index (Phi) is 9.61. The van der Waals surface area contributed by atoms with E-state index in [1.807, 2.05) is 30.3 Å². The molecule has 11 nitrogen and oxygen atoms in total. The molecule has 1 heterocycles. The van der Waals surface area contributed by atoms with Crippen LogP contribution >= 0.6 is 0 Å². The van der Waals surface area contributed by atoms with Gasteiger partial charge in [0.15, 0.2) is 0 Å². The predicted molar refractivity (Wildman–Crippen MR) is 116 cm³/mol. The predicted octanol–water partition coefficient (Wildman–Crippen LogP) is 1.36. The van der Waals surface area contributed by atoms with Crippen LogP contribution in [0.3, 0.4) is 0 Å². The van der Waals surface area contributed by atoms with Crippen LogP contribution < -0.4 is 10.6 Å². The molecule has 0 aromatic heterocycles. The first-order chi connectivity index (χ1) is 15.6. The van der Waals surface area contributed by atoms with E-state index in [4.69, 9.17) is 9.57 Å². The van der Waals surface area contributed by atoms with Crippen molar-refractivity contribution in [2.24, 2.45) is 0 Å². The highest BCUT2D eigenvalue weighted by molar-refractivity contribution is 5.91. The Labute approximate surface area is 192 Å². The first-order valence-corrected chi connectivity index (χ1v) is 10.8. The summed E-state index contributed by atoms with van der Waals surface area (Å²) in [6, 6.07) is 6.87. The molecule has 1 fully saturated rings. The average molecular weight is 465 g/mol. The number of ether oxygens (including phenoxy) is 1. The van der Waals surface area contributed by atoms with Crippen LogP contribution in [0.1, 0.15) is 45.6 Å². The number of benzene rings is 1. The second kappa shape index (κ2) is 12.2. The number of amides is 4. The van der Waals surface area contributed by atoms with E-state index in [0.29, 0.717) is 30.7 Å². The molecule has 2 atom stereocenters. The molecule has 1 aromatic carbocycles. The minimum atomic E-state index is -1.27. The molecule has 0 radical (unpaired) electrons. The second-order valence-electron chi connectivity index (χ2n) is 8.68. The van der Waals surface area contributed by atoms with Crippen molar-refractivity contribution in [1.29, 1.82) is 0 Å². The van der Waals surface area contributed by atoms with Gasteiger partial charge in [-0.2, -0.15) is 0 Å². The minimum Gasteiger partial charge on any atom is -0.444 e. The van der Waals surface area contributed by atoms with Crippen LogP contribution in [0.25, 0.3) is 0 Å². The Morgan fingerprint density at radius 3 is 2.61 bits per heavy atom. The molecule has 1 aromatic rings. The molecule has 11 heteroatoms. The summed E-state index contributed by atoms with van der Waals surface area (Å²) in [6.07, 6.45) is 1.08. The van der Waals surface area contributed by atoms with Crippen molar-refractivity contribution in [3.8, 4) is 0 Å². The van der Waals surface area contributed by atoms with Gasteiger partial charge in [0, 0.05) is 6.54 Å². The van der Waals surface area contributed by atoms with Crippen molar-refractivity contribution in [2.75, 3.05) is 13.1 Å². The van der Waals surface area contributed by atoms with Crippen molar-refractivity contribution < 1.29 is 34.0 Å². The van der Waals surface area contributed by atoms with E-state index >= 15 is 0 Å². The first-order valence-electron chi connectivity index (χ1n) is 10.8. The standard InChI is InChI=1S/C22H32N4O7/c1-22(2,3)33-21(30)24-18(13-25(15-27)32-14-16-9-5-4-6-10-16)19(28)23-17-11-7-8-12-26(31)20(17)29/h4-6,9-10,15,17-18,31H,7-8,11-14H2,1-3H3,(H,23,28)(H,24,30)/t17-,18+/m0/s1. The normalized spacial score (nSPS) is 17.5. The average Bonchev–Trinajstić information content (AvgIpc) is 2.91. The minimum absolute atomic E-state index is 0.0704. The number of nitrogens with one attached hydrogen (secondary N) is 2. The van der Waals surface area contributed by atoms with E-state index in [9.17, 15) is 24.4 Å². The highest BCUT2D eigenvalue weighted by Crippen LogP contribution is 2.12. The van der Waals surface area contributed by atoms with Crippen LogP contribution in [0.5, 0.6) is 0 Å². The van der Waals surface area contributed by atoms with Gasteiger partial charge in [-0.05, 0) is 45.6 Å². The van der Waals surface area contributed by atoms with Gasteiger partial charge < -0.3 is 15.4 Å². The molecule has 0 unspecified atom stereocenters. The number of hydrogen-bond acceptors (Lipinski definition) is 7. The zero-order valence-electron chi connectivity index (χ0n) is 19.2. The summed E-state index contributed by atoms with van der Waals surface area (Å²) in [6.45, 7) is 4.93. The summed E-state index contributed by atoms with van der Waals surface area (Å²) < 4.78 is 5.22. The summed E-state index contributed by atoms with van der Waals surface area (Å²) in [4.78, 5) is 54.6. The summed E-state index contributed by atoms with van der Waals surface area (Å²) in [7, 11) is 0. The third-order valence-corrected chi connectivity index (χ3v) is 4.71. The van der Waals surface area contributed by atoms with E-state index < -0.39 is 35.6 Å². The Morgan fingerprint density at radius 2 is 1.97 bits per heavy atom. The van der Waals surface area contributed by atoms with E-state index in [-0.39, 0.29) is 19.7 Å². The quantitative estimate of drug-likeness (QED) is 0.285. The molecule has 4 amide bonds. The van der Waals surface area contributed by atoms with Crippen molar-refractivity contribution in [3.63, 3.8) is 0 Å². The van der Waals surface area contributed by atoms with Crippen LogP contribution in [-0.2, 0) is 30.6 Å². The highest BCUT2D eigenvalue weighted by Gasteiger charge is 2.32. The molecule has 1 aliphatic rings. The number of nitrogens with zero attached hydrogens (tertiary/aromatic N) is 2. The van der Waals surface area contributed by atoms with E-state index in [2.05, 4.69) is 10.6 Å². The van der Waals surface area contributed by atoms with Crippen LogP contribution in [0.2, 0.25) is 0 Å². The molecule has 1 saturated heterocycles. The molecular formula is C22H32N4O7. The number of hydroxylamine groups is 4. The fourth-order valence-corrected chi connectivity index (χ4v) is 3.11. The summed E-state index contributed by atoms with van der Waals surface area (Å²) in [5.41, 5.74) is -0.00832. The van der Waals surface area contributed by atoms with E-state index in [1.54, 1.807) is 20.8 Å². The molecule has 0 saturated carbocycles. The fraction of sp³-hybridized carbons (Fsp3) is 0.545. The molecule has 33 heavy (non-hydrogen) atoms. The van der Waals surface area contributed by atoms with Gasteiger partial charge in [-0.3, -0.25) is 24.4 Å². The molecule has 0 aliphatic carbocycles. The van der Waals surface area contributed by atoms with E-state index in [0.717, 1.165) is 10.6 Å². The maximum absolute atomic E-state index is 13.0. The Balaban J connectivity index is 2.09. The van der Waals surface area contributed by atoms with Crippen LogP contribution in [0.4, 0.5) is 4.79 Å². The zero-order chi connectivity index (χ0) is 24.4. The van der Waals surface area contributed by atoms with Gasteiger partial charge in [0.05, 0.1) is 6.54 Å². The Bertz CT molecular complexity index is 813. The van der Waals surface area contributed by atoms with Gasteiger partial charge >= 0.3 is 6.09 Å². The topological polar surface area (TPSA) is 138 Å². The van der Waals surface area contributed by atoms with Crippen LogP contribution in [0.15, 0.2) is 30.3 Å². The molecule has 3 N–H and O–H groups in total. The summed E-state index contributed by atoms with van der Waals surface area (Å²) in [5, 5.41) is 16.2. The maximum atomic E-state index is 13.0. The number of carbonyl (C=O) groups is 4. The van der Waals surface area contributed by atoms with Gasteiger partial charge in [0.1, 0.15) is 24.3 Å². The molecule has 2 rings (SSSR count). The lowest BCUT2D eigenvalue weighted by molar-refractivity contribution is -0.180. The van der Waals surface area contributed by atoms with Crippen molar-refractivity contribution in [1.82, 2.24) is 20.8 Å². The van der Waals surface area contributed by atoms with Crippen molar-refractivity contribution >= 4 is 24.3 Å². The molecule has 182 valence electrons. The van der Waals surface area contributed by atoms with Crippen molar-refractivity contribution in [2.45, 2.75) is 64.3 Å². The summed E-state index contributed by atoms with van der Waals surface area (Å²) in [5.74, 6) is -1.35. The second-order valence-corrected chi connectivity index (χ2v) is 8.68. The lowest BCUT2D eigenvalue weighted by Gasteiger charge is -2.27. The van der Waals surface area contributed by atoms with Gasteiger partial charge in [-0.1, -0.05) is 30.3 Å². The largest absolute Gasteiger partial charge is 0.444 e. The third-order valence-electron chi connectivity index (χ3n) is 4.71. The van der Waals surface area contributed by atoms with E-state index in [1.165, 1.54) is 0 Å². The molecule has 1 aliphatic heterocycles. The number of rotatable bonds is 9. The SMILES string of the molecule is CC(C)(C)OC(=O)N[C@H](CN(C=O)OCc1ccccc1)C(=O)N[C@H]1CCCCN(O)C1=O. The van der Waals surface area contributed by atoms with Gasteiger partial charge in [0.25, 0.3) is 5.91 Å². The van der Waals surface area contributed by atoms with Gasteiger partial charge in [-0.15, -0.1) is 0 Å². The third kappa shape index (κ3) is 9.07. The molecule has 0 spiro atoms. The monoisotopic (exact) mass is 464 g/mol. The highest BCUT2D eigenvalue weighted by atomic mass is 16.7. The van der Waals surface area contributed by atoms with Gasteiger partial charge in [0.2, 0.25) is 12.3 Å². The Morgan fingerprint density at radius 1 is 1.27 bits per heavy atom. The number of carbonyl (C=O) groups excluding carboxylic acids is 4. The first kappa shape index (κ1) is 26.1. The molecular weight excluding hydrogens is 432 g/mol. The number of alkyl carbamates (subject to hydrolysis) is 1. The smallest absolute Gasteiger partial charge is 0.408 e. The van der Waals surface area contributed by atoms with Crippen LogP contribution in [0, 0.1) is 0 Å². The molecule has 0 bridgehead atoms. The maximum Gasteiger partial charge on any atom is 0.408 e. The number of hydrogen-bond donors (Lipinski definition) is 3. The zero-order valence-corrected chi connectivity index (χ0v) is 19.2. The summed E-state index contributed by atoms with van der Waals surface area (Å²) >= 11 is 0. The lowest BCUT2D eigenvalue weighted by Crippen LogP contribution is -2.57. The fourth-order valence-electron chi connectivity index (χ4n) is 3.11. The van der Waals surface area contributed by atoms with Crippen molar-refractivity contribution in [3.05, 3.63) is 35.9 Å². The van der Waals surface area contributed by atoms with Gasteiger partial charge in [-0.25, -0.2) is 14.9 Å². The Hall–Kier alpha value is -3.18. The lowest BCUT2D eigenvalue weighted by atomic mass is 10.1. The van der Waals surface area contributed by atoms with Crippen LogP contribution in [-0.4, -0.2) is 70.4 Å².